The molecule has 0 aliphatic carbocycles. The van der Waals surface area contributed by atoms with Crippen molar-refractivity contribution in [2.45, 2.75) is 18.8 Å². The van der Waals surface area contributed by atoms with E-state index in [9.17, 15) is 14.0 Å². The number of likely N-dealkylation sites (tertiary alicyclic amines) is 1. The van der Waals surface area contributed by atoms with Crippen molar-refractivity contribution >= 4 is 17.5 Å². The van der Waals surface area contributed by atoms with Crippen molar-refractivity contribution in [3.63, 3.8) is 0 Å². The molecule has 2 amide bonds. The molecular weight excluding hydrogens is 371 g/mol. The summed E-state index contributed by atoms with van der Waals surface area (Å²) >= 11 is 0. The van der Waals surface area contributed by atoms with Gasteiger partial charge in [-0.05, 0) is 42.3 Å². The second-order valence-corrected chi connectivity index (χ2v) is 7.16. The number of rotatable bonds is 5. The Balaban J connectivity index is 1.35. The van der Waals surface area contributed by atoms with Crippen molar-refractivity contribution in [1.82, 2.24) is 15.1 Å². The van der Waals surface area contributed by atoms with Gasteiger partial charge in [0.05, 0.1) is 6.42 Å². The lowest BCUT2D eigenvalue weighted by molar-refractivity contribution is -0.129. The lowest BCUT2D eigenvalue weighted by Crippen LogP contribution is -2.29. The SMILES string of the molecule is O=C(Nc1ccccc1)c1cc([C@H]2CCN(C(=O)Cc3ccc(F)cc3)C2)[nH]n1. The molecule has 1 aromatic heterocycles. The number of benzene rings is 2. The summed E-state index contributed by atoms with van der Waals surface area (Å²) < 4.78 is 13.0. The highest BCUT2D eigenvalue weighted by molar-refractivity contribution is 6.02. The summed E-state index contributed by atoms with van der Waals surface area (Å²) in [4.78, 5) is 26.7. The van der Waals surface area contributed by atoms with Crippen molar-refractivity contribution in [2.75, 3.05) is 18.4 Å². The van der Waals surface area contributed by atoms with E-state index < -0.39 is 0 Å². The van der Waals surface area contributed by atoms with Crippen LogP contribution in [0, 0.1) is 5.82 Å². The highest BCUT2D eigenvalue weighted by Gasteiger charge is 2.29. The normalized spacial score (nSPS) is 16.0. The number of aromatic amines is 1. The van der Waals surface area contributed by atoms with Gasteiger partial charge in [0, 0.05) is 30.4 Å². The molecule has 1 aliphatic rings. The summed E-state index contributed by atoms with van der Waals surface area (Å²) in [6.07, 6.45) is 1.05. The molecular formula is C22H21FN4O2. The number of nitrogens with one attached hydrogen (secondary N) is 2. The van der Waals surface area contributed by atoms with Crippen LogP contribution in [0.15, 0.2) is 60.7 Å². The lowest BCUT2D eigenvalue weighted by Gasteiger charge is -2.16. The average molecular weight is 392 g/mol. The Bertz CT molecular complexity index is 1000. The Morgan fingerprint density at radius 2 is 1.90 bits per heavy atom. The molecule has 0 unspecified atom stereocenters. The van der Waals surface area contributed by atoms with Crippen LogP contribution >= 0.6 is 0 Å². The maximum absolute atomic E-state index is 13.0. The van der Waals surface area contributed by atoms with Gasteiger partial charge in [-0.2, -0.15) is 5.10 Å². The molecule has 0 spiro atoms. The smallest absolute Gasteiger partial charge is 0.276 e. The van der Waals surface area contributed by atoms with Crippen molar-refractivity contribution < 1.29 is 14.0 Å². The molecule has 1 fully saturated rings. The second-order valence-electron chi connectivity index (χ2n) is 7.16. The van der Waals surface area contributed by atoms with Gasteiger partial charge in [0.2, 0.25) is 5.91 Å². The zero-order valence-electron chi connectivity index (χ0n) is 15.8. The zero-order valence-corrected chi connectivity index (χ0v) is 15.8. The average Bonchev–Trinajstić information content (AvgIpc) is 3.40. The predicted octanol–water partition coefficient (Wildman–Crippen LogP) is 3.36. The van der Waals surface area contributed by atoms with E-state index in [1.54, 1.807) is 23.1 Å². The predicted molar refractivity (Wildman–Crippen MR) is 107 cm³/mol. The number of anilines is 1. The van der Waals surface area contributed by atoms with Crippen LogP contribution in [0.1, 0.15) is 34.1 Å². The molecule has 1 saturated heterocycles. The molecule has 2 N–H and O–H groups in total. The van der Waals surface area contributed by atoms with Crippen LogP contribution in [-0.2, 0) is 11.2 Å². The van der Waals surface area contributed by atoms with E-state index in [1.807, 2.05) is 30.3 Å². The molecule has 148 valence electrons. The number of hydrogen-bond donors (Lipinski definition) is 2. The number of H-pyrrole nitrogens is 1. The molecule has 1 atom stereocenters. The molecule has 4 rings (SSSR count). The third-order valence-corrected chi connectivity index (χ3v) is 5.11. The topological polar surface area (TPSA) is 78.1 Å². The van der Waals surface area contributed by atoms with E-state index in [-0.39, 0.29) is 30.0 Å². The fourth-order valence-electron chi connectivity index (χ4n) is 3.51. The first-order valence-corrected chi connectivity index (χ1v) is 9.52. The van der Waals surface area contributed by atoms with E-state index in [0.717, 1.165) is 17.7 Å². The number of halogens is 1. The van der Waals surface area contributed by atoms with Crippen LogP contribution in [0.25, 0.3) is 0 Å². The molecule has 29 heavy (non-hydrogen) atoms. The van der Waals surface area contributed by atoms with Crippen LogP contribution in [0.5, 0.6) is 0 Å². The Morgan fingerprint density at radius 1 is 1.14 bits per heavy atom. The lowest BCUT2D eigenvalue weighted by atomic mass is 10.0. The first-order chi connectivity index (χ1) is 14.1. The van der Waals surface area contributed by atoms with Crippen LogP contribution in [-0.4, -0.2) is 40.0 Å². The summed E-state index contributed by atoms with van der Waals surface area (Å²) in [6.45, 7) is 1.22. The minimum Gasteiger partial charge on any atom is -0.342 e. The number of carbonyl (C=O) groups is 2. The molecule has 2 aromatic carbocycles. The van der Waals surface area contributed by atoms with Gasteiger partial charge in [0.1, 0.15) is 5.82 Å². The highest BCUT2D eigenvalue weighted by atomic mass is 19.1. The Morgan fingerprint density at radius 3 is 2.66 bits per heavy atom. The Hall–Kier alpha value is -3.48. The highest BCUT2D eigenvalue weighted by Crippen LogP contribution is 2.27. The maximum atomic E-state index is 13.0. The number of aromatic nitrogens is 2. The third-order valence-electron chi connectivity index (χ3n) is 5.11. The van der Waals surface area contributed by atoms with E-state index in [1.165, 1.54) is 12.1 Å². The number of carbonyl (C=O) groups excluding carboxylic acids is 2. The first-order valence-electron chi connectivity index (χ1n) is 9.52. The summed E-state index contributed by atoms with van der Waals surface area (Å²) in [5.74, 6) is -0.465. The van der Waals surface area contributed by atoms with Gasteiger partial charge in [-0.15, -0.1) is 0 Å². The van der Waals surface area contributed by atoms with Crippen LogP contribution in [0.2, 0.25) is 0 Å². The van der Waals surface area contributed by atoms with E-state index >= 15 is 0 Å². The molecule has 3 aromatic rings. The van der Waals surface area contributed by atoms with Crippen molar-refractivity contribution in [3.8, 4) is 0 Å². The van der Waals surface area contributed by atoms with Gasteiger partial charge in [-0.3, -0.25) is 14.7 Å². The van der Waals surface area contributed by atoms with Gasteiger partial charge in [0.25, 0.3) is 5.91 Å². The maximum Gasteiger partial charge on any atom is 0.276 e. The zero-order chi connectivity index (χ0) is 20.2. The molecule has 0 bridgehead atoms. The fourth-order valence-corrected chi connectivity index (χ4v) is 3.51. The third kappa shape index (κ3) is 4.51. The van der Waals surface area contributed by atoms with Crippen molar-refractivity contribution in [1.29, 1.82) is 0 Å². The summed E-state index contributed by atoms with van der Waals surface area (Å²) in [7, 11) is 0. The monoisotopic (exact) mass is 392 g/mol. The number of nitrogens with zero attached hydrogens (tertiary/aromatic N) is 2. The summed E-state index contributed by atoms with van der Waals surface area (Å²) in [5.41, 5.74) is 2.67. The molecule has 0 saturated carbocycles. The van der Waals surface area contributed by atoms with Crippen LogP contribution in [0.3, 0.4) is 0 Å². The number of hydrogen-bond acceptors (Lipinski definition) is 3. The summed E-state index contributed by atoms with van der Waals surface area (Å²) in [6, 6.07) is 16.9. The van der Waals surface area contributed by atoms with Gasteiger partial charge in [-0.1, -0.05) is 30.3 Å². The Kier molecular flexibility index (Phi) is 5.37. The quantitative estimate of drug-likeness (QED) is 0.699. The molecule has 0 radical (unpaired) electrons. The minimum absolute atomic E-state index is 0.0145. The standard InChI is InChI=1S/C22H21FN4O2/c23-17-8-6-15(7-9-17)12-21(28)27-11-10-16(14-27)19-13-20(26-25-19)22(29)24-18-4-2-1-3-5-18/h1-9,13,16H,10-12,14H2,(H,24,29)(H,25,26)/t16-/m0/s1. The first kappa shape index (κ1) is 18.9. The minimum atomic E-state index is -0.311. The number of para-hydroxylation sites is 1. The van der Waals surface area contributed by atoms with Gasteiger partial charge in [0.15, 0.2) is 5.69 Å². The van der Waals surface area contributed by atoms with Gasteiger partial charge in [-0.25, -0.2) is 4.39 Å². The van der Waals surface area contributed by atoms with Gasteiger partial charge >= 0.3 is 0 Å². The Labute approximate surface area is 167 Å². The van der Waals surface area contributed by atoms with Crippen LogP contribution < -0.4 is 5.32 Å². The van der Waals surface area contributed by atoms with E-state index in [2.05, 4.69) is 15.5 Å². The second kappa shape index (κ2) is 8.26. The fraction of sp³-hybridized carbons (Fsp3) is 0.227. The van der Waals surface area contributed by atoms with E-state index in [0.29, 0.717) is 24.5 Å². The van der Waals surface area contributed by atoms with Crippen molar-refractivity contribution in [2.24, 2.45) is 0 Å². The largest absolute Gasteiger partial charge is 0.342 e. The van der Waals surface area contributed by atoms with E-state index in [4.69, 9.17) is 0 Å². The molecule has 6 nitrogen and oxygen atoms in total. The van der Waals surface area contributed by atoms with Gasteiger partial charge < -0.3 is 10.2 Å². The van der Waals surface area contributed by atoms with Crippen molar-refractivity contribution in [3.05, 3.63) is 83.4 Å². The molecule has 1 aliphatic heterocycles. The molecule has 7 heteroatoms. The van der Waals surface area contributed by atoms with Crippen LogP contribution in [0.4, 0.5) is 10.1 Å². The summed E-state index contributed by atoms with van der Waals surface area (Å²) in [5, 5.41) is 9.87. The molecule has 2 heterocycles. The number of amides is 2.